The monoisotopic (exact) mass is 334 g/mol. The van der Waals surface area contributed by atoms with Crippen molar-refractivity contribution in [3.8, 4) is 0 Å². The predicted molar refractivity (Wildman–Crippen MR) is 105 cm³/mol. The van der Waals surface area contributed by atoms with E-state index in [2.05, 4.69) is 31.7 Å². The zero-order valence-electron chi connectivity index (χ0n) is 15.6. The fraction of sp³-hybridized carbons (Fsp3) is 0.909. The van der Waals surface area contributed by atoms with Gasteiger partial charge in [-0.2, -0.15) is 11.8 Å². The van der Waals surface area contributed by atoms with Crippen molar-refractivity contribution in [2.24, 2.45) is 17.3 Å². The van der Waals surface area contributed by atoms with E-state index in [4.69, 9.17) is 0 Å². The molecule has 0 radical (unpaired) electrons. The van der Waals surface area contributed by atoms with Crippen LogP contribution in [0.4, 0.5) is 0 Å². The van der Waals surface area contributed by atoms with Crippen LogP contribution >= 0.6 is 11.8 Å². The minimum atomic E-state index is 0.519. The molecule has 3 unspecified atom stereocenters. The summed E-state index contributed by atoms with van der Waals surface area (Å²) in [5.74, 6) is 3.29. The van der Waals surface area contributed by atoms with E-state index in [-0.39, 0.29) is 0 Å². The lowest BCUT2D eigenvalue weighted by Gasteiger charge is -2.36. The predicted octanol–water partition coefficient (Wildman–Crippen LogP) is 7.39. The molecule has 0 nitrogen and oxygen atoms in total. The summed E-state index contributed by atoms with van der Waals surface area (Å²) in [6.07, 6.45) is 21.9. The second kappa shape index (κ2) is 8.45. The van der Waals surface area contributed by atoms with Crippen LogP contribution in [0, 0.1) is 17.3 Å². The highest BCUT2D eigenvalue weighted by Gasteiger charge is 2.39. The summed E-state index contributed by atoms with van der Waals surface area (Å²) >= 11 is 2.37. The van der Waals surface area contributed by atoms with Gasteiger partial charge in [0.1, 0.15) is 0 Å². The third-order valence-electron chi connectivity index (χ3n) is 7.00. The van der Waals surface area contributed by atoms with Gasteiger partial charge in [0.15, 0.2) is 0 Å². The Morgan fingerprint density at radius 1 is 1.00 bits per heavy atom. The minimum absolute atomic E-state index is 0.519. The quantitative estimate of drug-likeness (QED) is 0.472. The molecule has 3 atom stereocenters. The molecule has 2 fully saturated rings. The highest BCUT2D eigenvalue weighted by Crippen LogP contribution is 2.50. The Labute approximate surface area is 149 Å². The molecule has 2 saturated carbocycles. The average Bonchev–Trinajstić information content (AvgIpc) is 2.79. The number of hydrogen-bond acceptors (Lipinski definition) is 1. The molecule has 1 aliphatic heterocycles. The summed E-state index contributed by atoms with van der Waals surface area (Å²) in [7, 11) is 0. The number of rotatable bonds is 5. The van der Waals surface area contributed by atoms with Crippen molar-refractivity contribution in [1.29, 1.82) is 0 Å². The molecule has 132 valence electrons. The van der Waals surface area contributed by atoms with Crippen molar-refractivity contribution in [2.45, 2.75) is 103 Å². The lowest BCUT2D eigenvalue weighted by atomic mass is 9.70. The van der Waals surface area contributed by atoms with Crippen molar-refractivity contribution in [3.63, 3.8) is 0 Å². The fourth-order valence-corrected chi connectivity index (χ4v) is 7.20. The van der Waals surface area contributed by atoms with Gasteiger partial charge < -0.3 is 0 Å². The van der Waals surface area contributed by atoms with E-state index >= 15 is 0 Å². The van der Waals surface area contributed by atoms with E-state index < -0.39 is 0 Å². The maximum absolute atomic E-state index is 2.89. The Bertz CT molecular complexity index is 393. The van der Waals surface area contributed by atoms with Crippen LogP contribution in [0.1, 0.15) is 97.3 Å². The molecule has 0 amide bonds. The molecule has 2 aliphatic carbocycles. The first kappa shape index (κ1) is 17.9. The van der Waals surface area contributed by atoms with E-state index in [0.717, 1.165) is 17.1 Å². The highest BCUT2D eigenvalue weighted by molar-refractivity contribution is 8.00. The number of allylic oxidation sites excluding steroid dienone is 2. The van der Waals surface area contributed by atoms with Crippen molar-refractivity contribution in [3.05, 3.63) is 11.6 Å². The number of thioether (sulfide) groups is 1. The first-order chi connectivity index (χ1) is 11.3. The molecule has 0 spiro atoms. The van der Waals surface area contributed by atoms with Gasteiger partial charge in [-0.05, 0) is 55.8 Å². The van der Waals surface area contributed by atoms with E-state index in [0.29, 0.717) is 5.41 Å². The van der Waals surface area contributed by atoms with Crippen LogP contribution in [0.25, 0.3) is 0 Å². The van der Waals surface area contributed by atoms with Crippen molar-refractivity contribution in [1.82, 2.24) is 0 Å². The molecule has 3 rings (SSSR count). The molecule has 1 heterocycles. The maximum atomic E-state index is 2.89. The van der Waals surface area contributed by atoms with Crippen molar-refractivity contribution in [2.75, 3.05) is 5.75 Å². The molecular formula is C22H38S. The molecule has 0 aromatic rings. The van der Waals surface area contributed by atoms with Gasteiger partial charge in [-0.1, -0.05) is 70.4 Å². The molecule has 1 heteroatoms. The Kier molecular flexibility index (Phi) is 6.58. The standard InChI is InChI=1S/C22H38S/c1-3-5-15-22(4-2)16-20(18-11-7-6-8-12-18)19-13-9-10-14-21(19)23-17-22/h16,18-19,21H,3-15,17H2,1-2H3. The SMILES string of the molecule is CCCCC1(CC)C=C(C2CCCCC2)C2CCCCC2SC1. The summed E-state index contributed by atoms with van der Waals surface area (Å²) in [6.45, 7) is 4.82. The molecule has 3 aliphatic rings. The van der Waals surface area contributed by atoms with Gasteiger partial charge in [-0.3, -0.25) is 0 Å². The van der Waals surface area contributed by atoms with Gasteiger partial charge in [0.05, 0.1) is 0 Å². The summed E-state index contributed by atoms with van der Waals surface area (Å²) in [5.41, 5.74) is 2.47. The average molecular weight is 335 g/mol. The normalized spacial score (nSPS) is 36.2. The molecule has 0 bridgehead atoms. The lowest BCUT2D eigenvalue weighted by Crippen LogP contribution is -2.27. The van der Waals surface area contributed by atoms with Crippen molar-refractivity contribution >= 4 is 11.8 Å². The van der Waals surface area contributed by atoms with E-state index in [9.17, 15) is 0 Å². The van der Waals surface area contributed by atoms with Gasteiger partial charge in [0, 0.05) is 11.0 Å². The number of fused-ring (bicyclic) bond motifs is 1. The smallest absolute Gasteiger partial charge is 0.0113 e. The zero-order chi connectivity index (χ0) is 16.1. The fourth-order valence-electron chi connectivity index (χ4n) is 5.36. The van der Waals surface area contributed by atoms with Gasteiger partial charge in [0.25, 0.3) is 0 Å². The third kappa shape index (κ3) is 4.20. The molecule has 0 aromatic heterocycles. The Morgan fingerprint density at radius 3 is 2.48 bits per heavy atom. The molecule has 0 N–H and O–H groups in total. The van der Waals surface area contributed by atoms with Crippen LogP contribution < -0.4 is 0 Å². The van der Waals surface area contributed by atoms with E-state index in [1.165, 1.54) is 89.2 Å². The largest absolute Gasteiger partial charge is 0.157 e. The van der Waals surface area contributed by atoms with E-state index in [1.807, 2.05) is 5.57 Å². The van der Waals surface area contributed by atoms with Gasteiger partial charge in [0.2, 0.25) is 0 Å². The Balaban J connectivity index is 1.89. The first-order valence-corrected chi connectivity index (χ1v) is 11.7. The first-order valence-electron chi connectivity index (χ1n) is 10.6. The zero-order valence-corrected chi connectivity index (χ0v) is 16.4. The minimum Gasteiger partial charge on any atom is -0.157 e. The summed E-state index contributed by atoms with van der Waals surface area (Å²) < 4.78 is 0. The lowest BCUT2D eigenvalue weighted by molar-refractivity contribution is 0.320. The van der Waals surface area contributed by atoms with Crippen molar-refractivity contribution < 1.29 is 0 Å². The highest BCUT2D eigenvalue weighted by atomic mass is 32.2. The summed E-state index contributed by atoms with van der Waals surface area (Å²) in [5, 5.41) is 0.951. The molecular weight excluding hydrogens is 296 g/mol. The number of unbranched alkanes of at least 4 members (excludes halogenated alkanes) is 1. The summed E-state index contributed by atoms with van der Waals surface area (Å²) in [4.78, 5) is 0. The molecule has 0 saturated heterocycles. The Morgan fingerprint density at radius 2 is 1.74 bits per heavy atom. The van der Waals surface area contributed by atoms with Gasteiger partial charge in [-0.15, -0.1) is 0 Å². The second-order valence-corrected chi connectivity index (χ2v) is 9.77. The van der Waals surface area contributed by atoms with Crippen LogP contribution in [0.15, 0.2) is 11.6 Å². The van der Waals surface area contributed by atoms with Crippen LogP contribution in [-0.4, -0.2) is 11.0 Å². The topological polar surface area (TPSA) is 0 Å². The van der Waals surface area contributed by atoms with Crippen LogP contribution in [0.2, 0.25) is 0 Å². The second-order valence-electron chi connectivity index (χ2n) is 8.54. The van der Waals surface area contributed by atoms with Gasteiger partial charge in [-0.25, -0.2) is 0 Å². The summed E-state index contributed by atoms with van der Waals surface area (Å²) in [6, 6.07) is 0. The Hall–Kier alpha value is 0.0900. The third-order valence-corrected chi connectivity index (χ3v) is 8.73. The maximum Gasteiger partial charge on any atom is 0.0113 e. The van der Waals surface area contributed by atoms with E-state index in [1.54, 1.807) is 0 Å². The van der Waals surface area contributed by atoms with Crippen LogP contribution in [0.5, 0.6) is 0 Å². The molecule has 23 heavy (non-hydrogen) atoms. The van der Waals surface area contributed by atoms with Gasteiger partial charge >= 0.3 is 0 Å². The molecule has 0 aromatic carbocycles. The van der Waals surface area contributed by atoms with Crippen LogP contribution in [0.3, 0.4) is 0 Å². The van der Waals surface area contributed by atoms with Crippen LogP contribution in [-0.2, 0) is 0 Å². The number of hydrogen-bond donors (Lipinski definition) is 0.